The van der Waals surface area contributed by atoms with Crippen LogP contribution in [0.5, 0.6) is 0 Å². The van der Waals surface area contributed by atoms with Crippen LogP contribution in [0.1, 0.15) is 30.0 Å². The summed E-state index contributed by atoms with van der Waals surface area (Å²) in [5, 5.41) is 9.63. The number of amides is 1. The molecule has 4 heteroatoms. The summed E-state index contributed by atoms with van der Waals surface area (Å²) in [6.45, 7) is 9.95. The highest BCUT2D eigenvalue weighted by Crippen LogP contribution is 2.25. The number of rotatable bonds is 7. The molecule has 0 aromatic heterocycles. The van der Waals surface area contributed by atoms with E-state index in [1.54, 1.807) is 0 Å². The summed E-state index contributed by atoms with van der Waals surface area (Å²) in [7, 11) is 2.10. The summed E-state index contributed by atoms with van der Waals surface area (Å²) in [5.41, 5.74) is 3.80. The molecule has 0 spiro atoms. The van der Waals surface area contributed by atoms with Crippen LogP contribution in [-0.2, 0) is 11.2 Å². The molecule has 0 aliphatic carbocycles. The van der Waals surface area contributed by atoms with Crippen molar-refractivity contribution in [3.8, 4) is 0 Å². The summed E-state index contributed by atoms with van der Waals surface area (Å²) in [5.74, 6) is 0.809. The van der Waals surface area contributed by atoms with Crippen LogP contribution in [0.15, 0.2) is 18.2 Å². The van der Waals surface area contributed by atoms with E-state index in [2.05, 4.69) is 50.9 Å². The number of aliphatic hydroxyl groups is 1. The van der Waals surface area contributed by atoms with Crippen molar-refractivity contribution in [1.29, 1.82) is 0 Å². The molecule has 1 heterocycles. The lowest BCUT2D eigenvalue weighted by molar-refractivity contribution is -0.130. The third kappa shape index (κ3) is 4.81. The van der Waals surface area contributed by atoms with Gasteiger partial charge in [-0.05, 0) is 56.5 Å². The van der Waals surface area contributed by atoms with Crippen molar-refractivity contribution < 1.29 is 9.90 Å². The Kier molecular flexibility index (Phi) is 6.81. The Bertz CT molecular complexity index is 559. The summed E-state index contributed by atoms with van der Waals surface area (Å²) in [6.07, 6.45) is 1.34. The van der Waals surface area contributed by atoms with Gasteiger partial charge in [-0.1, -0.05) is 25.1 Å². The van der Waals surface area contributed by atoms with Crippen molar-refractivity contribution in [2.75, 3.05) is 39.8 Å². The van der Waals surface area contributed by atoms with E-state index in [9.17, 15) is 9.90 Å². The molecule has 134 valence electrons. The first-order valence-corrected chi connectivity index (χ1v) is 9.07. The van der Waals surface area contributed by atoms with Crippen LogP contribution in [0.3, 0.4) is 0 Å². The van der Waals surface area contributed by atoms with Crippen LogP contribution in [0.2, 0.25) is 0 Å². The molecule has 2 atom stereocenters. The number of carbonyl (C=O) groups is 1. The standard InChI is InChI=1S/C20H32N2O2/c1-5-21(4)11-18-12-22(13-19(18)14-23)20(24)9-8-17-7-6-15(2)16(3)10-17/h6-7,10,18-19,23H,5,8-9,11-14H2,1-4H3/t18-,19-/m1/s1. The van der Waals surface area contributed by atoms with Gasteiger partial charge in [0.15, 0.2) is 0 Å². The Balaban J connectivity index is 1.89. The van der Waals surface area contributed by atoms with Gasteiger partial charge in [-0.15, -0.1) is 0 Å². The maximum absolute atomic E-state index is 12.6. The van der Waals surface area contributed by atoms with Gasteiger partial charge in [0.05, 0.1) is 0 Å². The smallest absolute Gasteiger partial charge is 0.222 e. The Morgan fingerprint density at radius 2 is 1.96 bits per heavy atom. The van der Waals surface area contributed by atoms with Crippen LogP contribution in [-0.4, -0.2) is 60.6 Å². The van der Waals surface area contributed by atoms with Gasteiger partial charge in [-0.3, -0.25) is 4.79 Å². The summed E-state index contributed by atoms with van der Waals surface area (Å²) in [6, 6.07) is 6.43. The number of likely N-dealkylation sites (tertiary alicyclic amines) is 1. The normalized spacial score (nSPS) is 20.8. The molecule has 1 aliphatic rings. The third-order valence-corrected chi connectivity index (χ3v) is 5.45. The highest BCUT2D eigenvalue weighted by atomic mass is 16.3. The lowest BCUT2D eigenvalue weighted by Crippen LogP contribution is -2.32. The highest BCUT2D eigenvalue weighted by molar-refractivity contribution is 5.76. The largest absolute Gasteiger partial charge is 0.396 e. The summed E-state index contributed by atoms with van der Waals surface area (Å²) < 4.78 is 0. The van der Waals surface area contributed by atoms with Crippen molar-refractivity contribution in [3.63, 3.8) is 0 Å². The van der Waals surface area contributed by atoms with Gasteiger partial charge in [0, 0.05) is 38.6 Å². The van der Waals surface area contributed by atoms with Crippen molar-refractivity contribution >= 4 is 5.91 Å². The average Bonchev–Trinajstić information content (AvgIpc) is 2.98. The van der Waals surface area contributed by atoms with Crippen molar-refractivity contribution in [2.45, 2.75) is 33.6 Å². The Morgan fingerprint density at radius 3 is 2.58 bits per heavy atom. The Morgan fingerprint density at radius 1 is 1.25 bits per heavy atom. The van der Waals surface area contributed by atoms with E-state index in [0.717, 1.165) is 26.1 Å². The second kappa shape index (κ2) is 8.63. The van der Waals surface area contributed by atoms with Gasteiger partial charge in [0.25, 0.3) is 0 Å². The summed E-state index contributed by atoms with van der Waals surface area (Å²) >= 11 is 0. The first kappa shape index (κ1) is 18.9. The minimum absolute atomic E-state index is 0.170. The predicted molar refractivity (Wildman–Crippen MR) is 98.1 cm³/mol. The zero-order chi connectivity index (χ0) is 17.7. The van der Waals surface area contributed by atoms with E-state index in [1.807, 2.05) is 4.90 Å². The van der Waals surface area contributed by atoms with Gasteiger partial charge in [0.1, 0.15) is 0 Å². The Hall–Kier alpha value is -1.39. The molecule has 1 saturated heterocycles. The second-order valence-electron chi connectivity index (χ2n) is 7.27. The van der Waals surface area contributed by atoms with Gasteiger partial charge >= 0.3 is 0 Å². The monoisotopic (exact) mass is 332 g/mol. The first-order valence-electron chi connectivity index (χ1n) is 9.07. The number of aliphatic hydroxyl groups excluding tert-OH is 1. The number of aryl methyl sites for hydroxylation is 3. The van der Waals surface area contributed by atoms with Crippen LogP contribution in [0.4, 0.5) is 0 Å². The molecule has 1 aromatic carbocycles. The zero-order valence-electron chi connectivity index (χ0n) is 15.6. The second-order valence-corrected chi connectivity index (χ2v) is 7.27. The maximum atomic E-state index is 12.6. The SMILES string of the molecule is CCN(C)C[C@@H]1CN(C(=O)CCc2ccc(C)c(C)c2)C[C@@H]1CO. The minimum atomic E-state index is 0.170. The molecule has 1 fully saturated rings. The number of hydrogen-bond acceptors (Lipinski definition) is 3. The Labute approximate surface area is 146 Å². The molecular formula is C20H32N2O2. The fourth-order valence-corrected chi connectivity index (χ4v) is 3.45. The molecule has 1 N–H and O–H groups in total. The van der Waals surface area contributed by atoms with Gasteiger partial charge < -0.3 is 14.9 Å². The molecule has 4 nitrogen and oxygen atoms in total. The van der Waals surface area contributed by atoms with Crippen molar-refractivity contribution in [1.82, 2.24) is 9.80 Å². The molecule has 0 saturated carbocycles. The molecule has 2 rings (SSSR count). The number of hydrogen-bond donors (Lipinski definition) is 1. The molecular weight excluding hydrogens is 300 g/mol. The molecule has 24 heavy (non-hydrogen) atoms. The fourth-order valence-electron chi connectivity index (χ4n) is 3.45. The summed E-state index contributed by atoms with van der Waals surface area (Å²) in [4.78, 5) is 16.8. The lowest BCUT2D eigenvalue weighted by atomic mass is 9.96. The number of carbonyl (C=O) groups excluding carboxylic acids is 1. The number of benzene rings is 1. The van der Waals surface area contributed by atoms with E-state index < -0.39 is 0 Å². The molecule has 1 aromatic rings. The zero-order valence-corrected chi connectivity index (χ0v) is 15.6. The van der Waals surface area contributed by atoms with Crippen molar-refractivity contribution in [2.24, 2.45) is 11.8 Å². The molecule has 1 amide bonds. The predicted octanol–water partition coefficient (Wildman–Crippen LogP) is 2.25. The van der Waals surface area contributed by atoms with Crippen molar-refractivity contribution in [3.05, 3.63) is 34.9 Å². The van der Waals surface area contributed by atoms with Gasteiger partial charge in [-0.2, -0.15) is 0 Å². The molecule has 0 unspecified atom stereocenters. The van der Waals surface area contributed by atoms with E-state index in [0.29, 0.717) is 18.9 Å². The van der Waals surface area contributed by atoms with Crippen LogP contribution in [0.25, 0.3) is 0 Å². The topological polar surface area (TPSA) is 43.8 Å². The van der Waals surface area contributed by atoms with E-state index in [-0.39, 0.29) is 18.4 Å². The van der Waals surface area contributed by atoms with Crippen LogP contribution >= 0.6 is 0 Å². The van der Waals surface area contributed by atoms with E-state index in [1.165, 1.54) is 16.7 Å². The van der Waals surface area contributed by atoms with E-state index >= 15 is 0 Å². The van der Waals surface area contributed by atoms with Gasteiger partial charge in [0.2, 0.25) is 5.91 Å². The van der Waals surface area contributed by atoms with Crippen LogP contribution < -0.4 is 0 Å². The lowest BCUT2D eigenvalue weighted by Gasteiger charge is -2.22. The fraction of sp³-hybridized carbons (Fsp3) is 0.650. The quantitative estimate of drug-likeness (QED) is 0.833. The molecule has 0 bridgehead atoms. The first-order chi connectivity index (χ1) is 11.4. The molecule has 1 aliphatic heterocycles. The number of nitrogens with zero attached hydrogens (tertiary/aromatic N) is 2. The highest BCUT2D eigenvalue weighted by Gasteiger charge is 2.34. The maximum Gasteiger partial charge on any atom is 0.222 e. The van der Waals surface area contributed by atoms with E-state index in [4.69, 9.17) is 0 Å². The van der Waals surface area contributed by atoms with Gasteiger partial charge in [-0.25, -0.2) is 0 Å². The third-order valence-electron chi connectivity index (χ3n) is 5.45. The molecule has 0 radical (unpaired) electrons. The van der Waals surface area contributed by atoms with Crippen LogP contribution in [0, 0.1) is 25.7 Å². The average molecular weight is 332 g/mol. The minimum Gasteiger partial charge on any atom is -0.396 e.